The number of carbonyl (C=O) groups excluding carboxylic acids is 1. The predicted molar refractivity (Wildman–Crippen MR) is 78.8 cm³/mol. The van der Waals surface area contributed by atoms with Crippen molar-refractivity contribution in [1.82, 2.24) is 5.32 Å². The molecule has 1 aromatic carbocycles. The van der Waals surface area contributed by atoms with Crippen LogP contribution in [0.25, 0.3) is 0 Å². The number of carbonyl (C=O) groups is 2. The molecule has 0 aliphatic heterocycles. The number of nitrogens with one attached hydrogen (secondary N) is 2. The van der Waals surface area contributed by atoms with Crippen molar-refractivity contribution in [1.29, 1.82) is 0 Å². The second-order valence-corrected chi connectivity index (χ2v) is 6.42. The Morgan fingerprint density at radius 3 is 2.43 bits per heavy atom. The van der Waals surface area contributed by atoms with Crippen molar-refractivity contribution in [2.75, 3.05) is 11.0 Å². The number of benzene rings is 1. The number of hydrogen-bond acceptors (Lipinski definition) is 4. The highest BCUT2D eigenvalue weighted by Gasteiger charge is 2.19. The van der Waals surface area contributed by atoms with Crippen molar-refractivity contribution >= 4 is 27.6 Å². The summed E-state index contributed by atoms with van der Waals surface area (Å²) in [7, 11) is -3.46. The molecule has 1 unspecified atom stereocenters. The Bertz CT molecular complexity index is 655. The van der Waals surface area contributed by atoms with Gasteiger partial charge in [-0.2, -0.15) is 0 Å². The summed E-state index contributed by atoms with van der Waals surface area (Å²) in [4.78, 5) is 22.9. The SMILES string of the molecule is CCC(NC(=O)c1ccc(C)c(NS(C)(=O)=O)c1)C(=O)O. The second-order valence-electron chi connectivity index (χ2n) is 4.68. The van der Waals surface area contributed by atoms with Gasteiger partial charge in [0.25, 0.3) is 5.91 Å². The summed E-state index contributed by atoms with van der Waals surface area (Å²) >= 11 is 0. The van der Waals surface area contributed by atoms with Crippen molar-refractivity contribution in [3.8, 4) is 0 Å². The van der Waals surface area contributed by atoms with Gasteiger partial charge in [0.05, 0.1) is 11.9 Å². The van der Waals surface area contributed by atoms with Crippen LogP contribution in [-0.2, 0) is 14.8 Å². The Balaban J connectivity index is 3.01. The highest BCUT2D eigenvalue weighted by molar-refractivity contribution is 7.92. The Morgan fingerprint density at radius 2 is 1.95 bits per heavy atom. The molecule has 1 rings (SSSR count). The van der Waals surface area contributed by atoms with Gasteiger partial charge < -0.3 is 10.4 Å². The largest absolute Gasteiger partial charge is 0.480 e. The van der Waals surface area contributed by atoms with Gasteiger partial charge in [-0.1, -0.05) is 13.0 Å². The van der Waals surface area contributed by atoms with E-state index in [-0.39, 0.29) is 17.7 Å². The van der Waals surface area contributed by atoms with Gasteiger partial charge in [-0.25, -0.2) is 13.2 Å². The van der Waals surface area contributed by atoms with E-state index in [1.165, 1.54) is 12.1 Å². The zero-order chi connectivity index (χ0) is 16.2. The smallest absolute Gasteiger partial charge is 0.326 e. The van der Waals surface area contributed by atoms with E-state index in [1.807, 2.05) is 0 Å². The van der Waals surface area contributed by atoms with E-state index < -0.39 is 27.9 Å². The average molecular weight is 314 g/mol. The second kappa shape index (κ2) is 6.57. The van der Waals surface area contributed by atoms with Gasteiger partial charge in [0.2, 0.25) is 10.0 Å². The summed E-state index contributed by atoms with van der Waals surface area (Å²) in [5.41, 5.74) is 1.13. The zero-order valence-corrected chi connectivity index (χ0v) is 12.8. The number of rotatable bonds is 6. The van der Waals surface area contributed by atoms with Crippen molar-refractivity contribution in [2.24, 2.45) is 0 Å². The van der Waals surface area contributed by atoms with Gasteiger partial charge in [0, 0.05) is 5.56 Å². The number of amides is 1. The first-order chi connectivity index (χ1) is 9.64. The first kappa shape index (κ1) is 17.0. The van der Waals surface area contributed by atoms with E-state index in [1.54, 1.807) is 19.9 Å². The summed E-state index contributed by atoms with van der Waals surface area (Å²) in [5, 5.41) is 11.3. The van der Waals surface area contributed by atoms with E-state index in [9.17, 15) is 18.0 Å². The molecule has 116 valence electrons. The third-order valence-corrected chi connectivity index (χ3v) is 3.40. The highest BCUT2D eigenvalue weighted by atomic mass is 32.2. The molecule has 0 fully saturated rings. The maximum absolute atomic E-state index is 12.0. The minimum Gasteiger partial charge on any atom is -0.480 e. The van der Waals surface area contributed by atoms with Crippen LogP contribution in [0.15, 0.2) is 18.2 Å². The number of sulfonamides is 1. The number of anilines is 1. The van der Waals surface area contributed by atoms with Gasteiger partial charge >= 0.3 is 5.97 Å². The van der Waals surface area contributed by atoms with Crippen LogP contribution in [0, 0.1) is 6.92 Å². The van der Waals surface area contributed by atoms with Crippen LogP contribution < -0.4 is 10.0 Å². The monoisotopic (exact) mass is 314 g/mol. The molecule has 0 spiro atoms. The molecule has 0 aliphatic carbocycles. The molecular weight excluding hydrogens is 296 g/mol. The molecule has 7 nitrogen and oxygen atoms in total. The molecule has 3 N–H and O–H groups in total. The molecule has 1 atom stereocenters. The molecule has 0 saturated carbocycles. The molecule has 0 aromatic heterocycles. The summed E-state index contributed by atoms with van der Waals surface area (Å²) in [6, 6.07) is 3.49. The molecule has 21 heavy (non-hydrogen) atoms. The number of carboxylic acid groups (broad SMARTS) is 1. The van der Waals surface area contributed by atoms with Gasteiger partial charge in [-0.3, -0.25) is 9.52 Å². The lowest BCUT2D eigenvalue weighted by Gasteiger charge is -2.14. The van der Waals surface area contributed by atoms with Crippen molar-refractivity contribution in [2.45, 2.75) is 26.3 Å². The standard InChI is InChI=1S/C13H18N2O5S/c1-4-10(13(17)18)14-12(16)9-6-5-8(2)11(7-9)15-21(3,19)20/h5-7,10,15H,4H2,1-3H3,(H,14,16)(H,17,18). The lowest BCUT2D eigenvalue weighted by Crippen LogP contribution is -2.40. The third kappa shape index (κ3) is 5.07. The summed E-state index contributed by atoms with van der Waals surface area (Å²) in [6.07, 6.45) is 1.26. The van der Waals surface area contributed by atoms with E-state index in [0.29, 0.717) is 5.56 Å². The quantitative estimate of drug-likeness (QED) is 0.724. The van der Waals surface area contributed by atoms with Crippen LogP contribution in [0.1, 0.15) is 29.3 Å². The van der Waals surface area contributed by atoms with Crippen molar-refractivity contribution in [3.63, 3.8) is 0 Å². The summed E-state index contributed by atoms with van der Waals surface area (Å²) < 4.78 is 24.8. The topological polar surface area (TPSA) is 113 Å². The van der Waals surface area contributed by atoms with Crippen molar-refractivity contribution < 1.29 is 23.1 Å². The fourth-order valence-corrected chi connectivity index (χ4v) is 2.27. The minimum atomic E-state index is -3.46. The zero-order valence-electron chi connectivity index (χ0n) is 12.0. The van der Waals surface area contributed by atoms with Gasteiger partial charge in [-0.15, -0.1) is 0 Å². The van der Waals surface area contributed by atoms with Crippen LogP contribution in [0.3, 0.4) is 0 Å². The molecule has 0 bridgehead atoms. The van der Waals surface area contributed by atoms with Gasteiger partial charge in [0.15, 0.2) is 0 Å². The third-order valence-electron chi connectivity index (χ3n) is 2.81. The van der Waals surface area contributed by atoms with Crippen LogP contribution in [0.4, 0.5) is 5.69 Å². The van der Waals surface area contributed by atoms with Crippen LogP contribution in [-0.4, -0.2) is 37.7 Å². The first-order valence-corrected chi connectivity index (χ1v) is 8.15. The Labute approximate surface area is 123 Å². The highest BCUT2D eigenvalue weighted by Crippen LogP contribution is 2.18. The Kier molecular flexibility index (Phi) is 5.31. The number of aliphatic carboxylic acids is 1. The molecule has 0 aliphatic rings. The predicted octanol–water partition coefficient (Wildman–Crippen LogP) is 0.960. The van der Waals surface area contributed by atoms with Crippen LogP contribution in [0.5, 0.6) is 0 Å². The molecule has 1 aromatic rings. The van der Waals surface area contributed by atoms with Gasteiger partial charge in [0.1, 0.15) is 6.04 Å². The molecule has 1 amide bonds. The molecule has 0 heterocycles. The van der Waals surface area contributed by atoms with Crippen LogP contribution in [0.2, 0.25) is 0 Å². The van der Waals surface area contributed by atoms with Crippen molar-refractivity contribution in [3.05, 3.63) is 29.3 Å². The molecule has 0 radical (unpaired) electrons. The number of hydrogen-bond donors (Lipinski definition) is 3. The van der Waals surface area contributed by atoms with Crippen LogP contribution >= 0.6 is 0 Å². The Morgan fingerprint density at radius 1 is 1.33 bits per heavy atom. The first-order valence-electron chi connectivity index (χ1n) is 6.26. The van der Waals surface area contributed by atoms with E-state index in [0.717, 1.165) is 6.26 Å². The Hall–Kier alpha value is -2.09. The summed E-state index contributed by atoms with van der Waals surface area (Å²) in [5.74, 6) is -1.69. The van der Waals surface area contributed by atoms with E-state index in [4.69, 9.17) is 5.11 Å². The van der Waals surface area contributed by atoms with E-state index >= 15 is 0 Å². The maximum Gasteiger partial charge on any atom is 0.326 e. The average Bonchev–Trinajstić information content (AvgIpc) is 2.36. The number of carboxylic acids is 1. The lowest BCUT2D eigenvalue weighted by atomic mass is 10.1. The molecule has 8 heteroatoms. The normalized spacial score (nSPS) is 12.5. The lowest BCUT2D eigenvalue weighted by molar-refractivity contribution is -0.139. The molecule has 0 saturated heterocycles. The fourth-order valence-electron chi connectivity index (χ4n) is 1.65. The summed E-state index contributed by atoms with van der Waals surface area (Å²) in [6.45, 7) is 3.34. The number of aryl methyl sites for hydroxylation is 1. The fraction of sp³-hybridized carbons (Fsp3) is 0.385. The minimum absolute atomic E-state index is 0.187. The van der Waals surface area contributed by atoms with Gasteiger partial charge in [-0.05, 0) is 31.0 Å². The maximum atomic E-state index is 12.0. The van der Waals surface area contributed by atoms with E-state index in [2.05, 4.69) is 10.0 Å². The molecular formula is C13H18N2O5S.